The first-order valence-electron chi connectivity index (χ1n) is 18.0. The number of allylic oxidation sites excluding steroid dienone is 12. The van der Waals surface area contributed by atoms with Gasteiger partial charge in [-0.1, -0.05) is 119 Å². The number of nitrogens with zero attached hydrogens (tertiary/aromatic N) is 1. The highest BCUT2D eigenvalue weighted by Gasteiger charge is 2.31. The summed E-state index contributed by atoms with van der Waals surface area (Å²) in [5, 5.41) is 9.56. The van der Waals surface area contributed by atoms with Crippen LogP contribution in [-0.4, -0.2) is 80.6 Å². The number of carboxylic acid groups (broad SMARTS) is 1. The van der Waals surface area contributed by atoms with Crippen LogP contribution in [0.3, 0.4) is 0 Å². The van der Waals surface area contributed by atoms with Crippen LogP contribution in [0.2, 0.25) is 0 Å². The van der Waals surface area contributed by atoms with Gasteiger partial charge in [-0.3, -0.25) is 9.59 Å². The van der Waals surface area contributed by atoms with Crippen LogP contribution in [0.5, 0.6) is 0 Å². The van der Waals surface area contributed by atoms with Gasteiger partial charge >= 0.3 is 17.9 Å². The van der Waals surface area contributed by atoms with Crippen molar-refractivity contribution in [3.05, 3.63) is 72.9 Å². The highest BCUT2D eigenvalue weighted by Crippen LogP contribution is 2.11. The van der Waals surface area contributed by atoms with Crippen LogP contribution in [0.15, 0.2) is 72.9 Å². The molecule has 8 heteroatoms. The van der Waals surface area contributed by atoms with Gasteiger partial charge in [0.05, 0.1) is 34.4 Å². The Labute approximate surface area is 291 Å². The lowest BCUT2D eigenvalue weighted by molar-refractivity contribution is -0.887. The molecule has 0 aromatic heterocycles. The van der Waals surface area contributed by atoms with Crippen molar-refractivity contribution in [3.8, 4) is 0 Å². The Kier molecular flexibility index (Phi) is 29.0. The van der Waals surface area contributed by atoms with E-state index < -0.39 is 18.1 Å². The van der Waals surface area contributed by atoms with E-state index in [0.717, 1.165) is 51.4 Å². The molecule has 2 unspecified atom stereocenters. The zero-order valence-corrected chi connectivity index (χ0v) is 30.7. The second-order valence-electron chi connectivity index (χ2n) is 12.9. The average molecular weight is 673 g/mol. The first-order valence-corrected chi connectivity index (χ1v) is 18.0. The van der Waals surface area contributed by atoms with E-state index >= 15 is 0 Å². The lowest BCUT2D eigenvalue weighted by Gasteiger charge is -2.31. The first-order chi connectivity index (χ1) is 23.1. The van der Waals surface area contributed by atoms with Crippen molar-refractivity contribution in [1.29, 1.82) is 0 Å². The number of likely N-dealkylation sites (N-methyl/N-ethyl adjacent to an activating group) is 1. The number of unbranched alkanes of at least 4 members (excludes halogenated alkanes) is 8. The molecule has 0 rings (SSSR count). The molecule has 0 radical (unpaired) electrons. The van der Waals surface area contributed by atoms with E-state index in [1.54, 1.807) is 0 Å². The van der Waals surface area contributed by atoms with Crippen molar-refractivity contribution in [3.63, 3.8) is 0 Å². The summed E-state index contributed by atoms with van der Waals surface area (Å²) in [7, 11) is 5.47. The highest BCUT2D eigenvalue weighted by atomic mass is 16.6. The van der Waals surface area contributed by atoms with Gasteiger partial charge in [0.25, 0.3) is 0 Å². The van der Waals surface area contributed by atoms with Gasteiger partial charge in [-0.15, -0.1) is 0 Å². The predicted molar refractivity (Wildman–Crippen MR) is 197 cm³/mol. The number of esters is 2. The normalized spacial score (nSPS) is 13.9. The molecule has 2 atom stereocenters. The molecule has 0 aromatic rings. The summed E-state index contributed by atoms with van der Waals surface area (Å²) in [6.07, 6.45) is 36.7. The molecule has 0 aliphatic rings. The maximum absolute atomic E-state index is 12.6. The van der Waals surface area contributed by atoms with Crippen LogP contribution in [0, 0.1) is 0 Å². The molecule has 0 aliphatic carbocycles. The van der Waals surface area contributed by atoms with Gasteiger partial charge in [0.15, 0.2) is 12.1 Å². The minimum Gasteiger partial charge on any atom is -0.477 e. The molecule has 0 saturated heterocycles. The molecule has 8 nitrogen and oxygen atoms in total. The molecule has 0 saturated carbocycles. The van der Waals surface area contributed by atoms with Crippen LogP contribution in [-0.2, 0) is 28.6 Å². The molecular formula is C40H66NO7+. The lowest BCUT2D eigenvalue weighted by Crippen LogP contribution is -2.50. The number of hydrogen-bond acceptors (Lipinski definition) is 6. The fraction of sp³-hybridized carbons (Fsp3) is 0.625. The van der Waals surface area contributed by atoms with Crippen molar-refractivity contribution < 1.29 is 38.2 Å². The maximum Gasteiger partial charge on any atom is 0.362 e. The van der Waals surface area contributed by atoms with Gasteiger partial charge in [-0.05, 0) is 44.9 Å². The summed E-state index contributed by atoms with van der Waals surface area (Å²) in [4.78, 5) is 36.7. The number of rotatable bonds is 30. The molecule has 1 N–H and O–H groups in total. The first kappa shape index (κ1) is 44.8. The molecule has 48 heavy (non-hydrogen) atoms. The van der Waals surface area contributed by atoms with E-state index in [0.29, 0.717) is 19.3 Å². The largest absolute Gasteiger partial charge is 0.477 e. The van der Waals surface area contributed by atoms with E-state index in [9.17, 15) is 19.5 Å². The van der Waals surface area contributed by atoms with Crippen molar-refractivity contribution in [2.75, 3.05) is 41.0 Å². The summed E-state index contributed by atoms with van der Waals surface area (Å²) < 4.78 is 17.1. The monoisotopic (exact) mass is 672 g/mol. The number of ether oxygens (including phenoxy) is 3. The second kappa shape index (κ2) is 31.1. The van der Waals surface area contributed by atoms with Gasteiger partial charge < -0.3 is 23.8 Å². The molecule has 0 bridgehead atoms. The molecule has 0 spiro atoms. The Morgan fingerprint density at radius 3 is 1.83 bits per heavy atom. The van der Waals surface area contributed by atoms with Gasteiger partial charge in [-0.2, -0.15) is 0 Å². The molecule has 0 heterocycles. The smallest absolute Gasteiger partial charge is 0.362 e. The van der Waals surface area contributed by atoms with E-state index in [4.69, 9.17) is 14.2 Å². The average Bonchev–Trinajstić information content (AvgIpc) is 3.03. The van der Waals surface area contributed by atoms with E-state index in [-0.39, 0.29) is 42.7 Å². The van der Waals surface area contributed by atoms with E-state index in [1.807, 2.05) is 75.8 Å². The SMILES string of the molecule is CC/C=C/C=C/C=C/C=C/C=C/CCCC(=O)OC(COCCC(C(=O)O)[N+](C)(C)C)COC(=O)CCCCCCC/C=C/CCCC. The Morgan fingerprint density at radius 1 is 0.646 bits per heavy atom. The minimum absolute atomic E-state index is 0.0255. The minimum atomic E-state index is -0.893. The van der Waals surface area contributed by atoms with Gasteiger partial charge in [0, 0.05) is 19.3 Å². The summed E-state index contributed by atoms with van der Waals surface area (Å²) >= 11 is 0. The number of aliphatic carboxylic acids is 1. The fourth-order valence-corrected chi connectivity index (χ4v) is 4.63. The fourth-order valence-electron chi connectivity index (χ4n) is 4.63. The van der Waals surface area contributed by atoms with Crippen LogP contribution in [0.4, 0.5) is 0 Å². The second-order valence-corrected chi connectivity index (χ2v) is 12.9. The summed E-state index contributed by atoms with van der Waals surface area (Å²) in [5.74, 6) is -1.59. The number of carboxylic acids is 1. The van der Waals surface area contributed by atoms with Crippen LogP contribution >= 0.6 is 0 Å². The summed E-state index contributed by atoms with van der Waals surface area (Å²) in [6, 6.07) is -0.630. The standard InChI is InChI=1S/C40H65NO7/c1-6-8-10-12-14-16-18-19-21-23-25-27-29-31-39(43)48-36(34-46-33-32-37(40(44)45)41(3,4)5)35-47-38(42)30-28-26-24-22-20-17-15-13-11-9-7-2/h8,10,12-16,18-19,21,23,25,36-37H,6-7,9,11,17,20,22,24,26-35H2,1-5H3/p+1/b10-8+,14-12+,15-13+,18-16+,21-19+,25-23+. The third-order valence-electron chi connectivity index (χ3n) is 7.47. The zero-order chi connectivity index (χ0) is 35.7. The van der Waals surface area contributed by atoms with Gasteiger partial charge in [0.2, 0.25) is 0 Å². The molecule has 0 aromatic carbocycles. The molecule has 0 amide bonds. The Hall–Kier alpha value is -3.23. The summed E-state index contributed by atoms with van der Waals surface area (Å²) in [6.45, 7) is 4.42. The maximum atomic E-state index is 12.6. The van der Waals surface area contributed by atoms with Gasteiger partial charge in [-0.25, -0.2) is 4.79 Å². The third-order valence-corrected chi connectivity index (χ3v) is 7.47. The molecule has 0 fully saturated rings. The Morgan fingerprint density at radius 2 is 1.21 bits per heavy atom. The van der Waals surface area contributed by atoms with Crippen molar-refractivity contribution in [2.45, 2.75) is 122 Å². The lowest BCUT2D eigenvalue weighted by atomic mass is 10.1. The third kappa shape index (κ3) is 29.0. The number of carbonyl (C=O) groups excluding carboxylic acids is 2. The van der Waals surface area contributed by atoms with Crippen LogP contribution in [0.1, 0.15) is 110 Å². The number of quaternary nitrogens is 1. The predicted octanol–water partition coefficient (Wildman–Crippen LogP) is 8.85. The quantitative estimate of drug-likeness (QED) is 0.0268. The Bertz CT molecular complexity index is 1020. The number of carbonyl (C=O) groups is 3. The van der Waals surface area contributed by atoms with E-state index in [2.05, 4.69) is 32.1 Å². The molecular weight excluding hydrogens is 606 g/mol. The highest BCUT2D eigenvalue weighted by molar-refractivity contribution is 5.72. The van der Waals surface area contributed by atoms with Crippen molar-refractivity contribution >= 4 is 17.9 Å². The molecule has 272 valence electrons. The number of hydrogen-bond donors (Lipinski definition) is 1. The van der Waals surface area contributed by atoms with Crippen LogP contribution < -0.4 is 0 Å². The van der Waals surface area contributed by atoms with Gasteiger partial charge in [0.1, 0.15) is 6.61 Å². The van der Waals surface area contributed by atoms with Crippen molar-refractivity contribution in [2.24, 2.45) is 0 Å². The Balaban J connectivity index is 4.63. The van der Waals surface area contributed by atoms with E-state index in [1.165, 1.54) is 19.3 Å². The molecule has 0 aliphatic heterocycles. The topological polar surface area (TPSA) is 99.1 Å². The summed E-state index contributed by atoms with van der Waals surface area (Å²) in [5.41, 5.74) is 0. The van der Waals surface area contributed by atoms with Crippen LogP contribution in [0.25, 0.3) is 0 Å². The van der Waals surface area contributed by atoms with Crippen molar-refractivity contribution in [1.82, 2.24) is 0 Å². The zero-order valence-electron chi connectivity index (χ0n) is 30.7.